The first kappa shape index (κ1) is 9.60. The van der Waals surface area contributed by atoms with Gasteiger partial charge in [-0.15, -0.1) is 11.8 Å². The van der Waals surface area contributed by atoms with Gasteiger partial charge in [0.25, 0.3) is 0 Å². The van der Waals surface area contributed by atoms with Gasteiger partial charge in [0.2, 0.25) is 0 Å². The van der Waals surface area contributed by atoms with E-state index in [0.29, 0.717) is 9.57 Å². The maximum atomic E-state index is 3.70. The number of fused-ring (bicyclic) bond motifs is 1. The summed E-state index contributed by atoms with van der Waals surface area (Å²) < 4.78 is 0.567. The van der Waals surface area contributed by atoms with E-state index in [1.54, 1.807) is 0 Å². The van der Waals surface area contributed by atoms with Crippen molar-refractivity contribution in [3.63, 3.8) is 0 Å². The van der Waals surface area contributed by atoms with Crippen LogP contribution >= 0.6 is 27.7 Å². The van der Waals surface area contributed by atoms with E-state index in [4.69, 9.17) is 0 Å². The Bertz CT molecular complexity index is 320. The standard InChI is InChI=1S/C11H13BrS/c1-11(2)7-10(12)13-9-6-4-3-5-8(9)11/h3-6,10H,7H2,1-2H3. The zero-order valence-corrected chi connectivity index (χ0v) is 10.3. The van der Waals surface area contributed by atoms with Crippen LogP contribution < -0.4 is 0 Å². The minimum absolute atomic E-state index is 0.315. The fraction of sp³-hybridized carbons (Fsp3) is 0.455. The van der Waals surface area contributed by atoms with Gasteiger partial charge in [-0.05, 0) is 23.5 Å². The number of halogens is 1. The van der Waals surface area contributed by atoms with Crippen molar-refractivity contribution in [2.45, 2.75) is 34.7 Å². The lowest BCUT2D eigenvalue weighted by atomic mass is 9.82. The lowest BCUT2D eigenvalue weighted by Crippen LogP contribution is -2.25. The zero-order chi connectivity index (χ0) is 9.47. The molecule has 0 N–H and O–H groups in total. The quantitative estimate of drug-likeness (QED) is 0.628. The molecule has 1 aliphatic heterocycles. The molecule has 0 fully saturated rings. The number of hydrogen-bond acceptors (Lipinski definition) is 1. The van der Waals surface area contributed by atoms with Crippen LogP contribution in [0.15, 0.2) is 29.2 Å². The van der Waals surface area contributed by atoms with Crippen molar-refractivity contribution in [1.29, 1.82) is 0 Å². The van der Waals surface area contributed by atoms with E-state index >= 15 is 0 Å². The summed E-state index contributed by atoms with van der Waals surface area (Å²) in [7, 11) is 0. The van der Waals surface area contributed by atoms with Crippen molar-refractivity contribution in [2.75, 3.05) is 0 Å². The topological polar surface area (TPSA) is 0 Å². The molecule has 0 amide bonds. The molecule has 1 atom stereocenters. The molecule has 0 radical (unpaired) electrons. The summed E-state index contributed by atoms with van der Waals surface area (Å²) >= 11 is 5.63. The maximum absolute atomic E-state index is 3.70. The van der Waals surface area contributed by atoms with Gasteiger partial charge in [0.05, 0.1) is 4.16 Å². The van der Waals surface area contributed by atoms with Crippen LogP contribution in [0.4, 0.5) is 0 Å². The second-order valence-electron chi connectivity index (χ2n) is 4.11. The van der Waals surface area contributed by atoms with Crippen LogP contribution in [0.1, 0.15) is 25.8 Å². The van der Waals surface area contributed by atoms with Gasteiger partial charge in [0.15, 0.2) is 0 Å². The van der Waals surface area contributed by atoms with E-state index in [1.807, 2.05) is 11.8 Å². The largest absolute Gasteiger partial charge is 0.111 e. The third kappa shape index (κ3) is 1.79. The molecule has 1 unspecified atom stereocenters. The molecule has 70 valence electrons. The molecule has 1 aliphatic rings. The predicted octanol–water partition coefficient (Wildman–Crippen LogP) is 4.18. The first-order valence-corrected chi connectivity index (χ1v) is 6.29. The molecule has 13 heavy (non-hydrogen) atoms. The van der Waals surface area contributed by atoms with Crippen LogP contribution in [0.5, 0.6) is 0 Å². The lowest BCUT2D eigenvalue weighted by Gasteiger charge is -2.34. The fourth-order valence-corrected chi connectivity index (χ4v) is 4.64. The van der Waals surface area contributed by atoms with E-state index in [0.717, 1.165) is 0 Å². The third-order valence-corrected chi connectivity index (χ3v) is 4.46. The van der Waals surface area contributed by atoms with E-state index < -0.39 is 0 Å². The van der Waals surface area contributed by atoms with Crippen LogP contribution in [0.25, 0.3) is 0 Å². The highest BCUT2D eigenvalue weighted by Gasteiger charge is 2.31. The number of alkyl halides is 1. The van der Waals surface area contributed by atoms with Crippen LogP contribution in [-0.4, -0.2) is 4.16 Å². The van der Waals surface area contributed by atoms with Crippen LogP contribution in [-0.2, 0) is 5.41 Å². The van der Waals surface area contributed by atoms with Gasteiger partial charge < -0.3 is 0 Å². The summed E-state index contributed by atoms with van der Waals surface area (Å²) in [6.07, 6.45) is 1.20. The Morgan fingerprint density at radius 2 is 2.08 bits per heavy atom. The summed E-state index contributed by atoms with van der Waals surface area (Å²) in [5.74, 6) is 0. The van der Waals surface area contributed by atoms with Gasteiger partial charge in [0.1, 0.15) is 0 Å². The van der Waals surface area contributed by atoms with Crippen molar-refractivity contribution in [3.8, 4) is 0 Å². The molecule has 1 aromatic rings. The second-order valence-corrected chi connectivity index (χ2v) is 7.07. The molecule has 0 aromatic heterocycles. The molecule has 0 nitrogen and oxygen atoms in total. The highest BCUT2D eigenvalue weighted by atomic mass is 79.9. The Kier molecular flexibility index (Phi) is 2.45. The molecular weight excluding hydrogens is 244 g/mol. The van der Waals surface area contributed by atoms with Crippen molar-refractivity contribution in [2.24, 2.45) is 0 Å². The fourth-order valence-electron chi connectivity index (χ4n) is 1.82. The average molecular weight is 257 g/mol. The first-order valence-electron chi connectivity index (χ1n) is 4.50. The Balaban J connectivity index is 2.50. The number of hydrogen-bond donors (Lipinski definition) is 0. The monoisotopic (exact) mass is 256 g/mol. The molecule has 1 heterocycles. The minimum atomic E-state index is 0.315. The normalized spacial score (nSPS) is 25.3. The molecule has 0 bridgehead atoms. The smallest absolute Gasteiger partial charge is 0.0655 e. The van der Waals surface area contributed by atoms with Gasteiger partial charge in [-0.3, -0.25) is 0 Å². The van der Waals surface area contributed by atoms with Gasteiger partial charge >= 0.3 is 0 Å². The molecule has 2 rings (SSSR count). The van der Waals surface area contributed by atoms with E-state index in [-0.39, 0.29) is 0 Å². The molecule has 2 heteroatoms. The van der Waals surface area contributed by atoms with Gasteiger partial charge in [-0.1, -0.05) is 48.0 Å². The molecule has 1 aromatic carbocycles. The van der Waals surface area contributed by atoms with Crippen molar-refractivity contribution >= 4 is 27.7 Å². The predicted molar refractivity (Wildman–Crippen MR) is 62.7 cm³/mol. The maximum Gasteiger partial charge on any atom is 0.0655 e. The molecule has 0 saturated heterocycles. The highest BCUT2D eigenvalue weighted by Crippen LogP contribution is 2.46. The summed E-state index contributed by atoms with van der Waals surface area (Å²) in [5, 5.41) is 0. The number of benzene rings is 1. The van der Waals surface area contributed by atoms with Crippen LogP contribution in [0.3, 0.4) is 0 Å². The summed E-state index contributed by atoms with van der Waals surface area (Å²) in [6, 6.07) is 8.72. The molecule has 0 aliphatic carbocycles. The zero-order valence-electron chi connectivity index (χ0n) is 7.88. The van der Waals surface area contributed by atoms with Gasteiger partial charge in [-0.25, -0.2) is 0 Å². The van der Waals surface area contributed by atoms with Crippen molar-refractivity contribution in [1.82, 2.24) is 0 Å². The van der Waals surface area contributed by atoms with Gasteiger partial charge in [-0.2, -0.15) is 0 Å². The number of rotatable bonds is 0. The second kappa shape index (κ2) is 3.32. The SMILES string of the molecule is CC1(C)CC(Br)Sc2ccccc21. The summed E-state index contributed by atoms with van der Waals surface area (Å²) in [5.41, 5.74) is 1.81. The van der Waals surface area contributed by atoms with E-state index in [1.165, 1.54) is 16.9 Å². The van der Waals surface area contributed by atoms with E-state index in [2.05, 4.69) is 54.0 Å². The molecule has 0 saturated carbocycles. The van der Waals surface area contributed by atoms with Gasteiger partial charge in [0, 0.05) is 4.90 Å². The van der Waals surface area contributed by atoms with Crippen LogP contribution in [0.2, 0.25) is 0 Å². The lowest BCUT2D eigenvalue weighted by molar-refractivity contribution is 0.487. The first-order chi connectivity index (χ1) is 6.09. The average Bonchev–Trinajstić information content (AvgIpc) is 2.02. The highest BCUT2D eigenvalue weighted by molar-refractivity contribution is 9.11. The molecular formula is C11H13BrS. The van der Waals surface area contributed by atoms with Crippen molar-refractivity contribution < 1.29 is 0 Å². The molecule has 0 spiro atoms. The minimum Gasteiger partial charge on any atom is -0.111 e. The van der Waals surface area contributed by atoms with Crippen LogP contribution in [0, 0.1) is 0 Å². The number of thioether (sulfide) groups is 1. The Labute approximate surface area is 92.2 Å². The van der Waals surface area contributed by atoms with Crippen molar-refractivity contribution in [3.05, 3.63) is 29.8 Å². The van der Waals surface area contributed by atoms with E-state index in [9.17, 15) is 0 Å². The Morgan fingerprint density at radius 3 is 2.85 bits per heavy atom. The third-order valence-electron chi connectivity index (χ3n) is 2.54. The Hall–Kier alpha value is 0.0500. The summed E-state index contributed by atoms with van der Waals surface area (Å²) in [6.45, 7) is 4.64. The summed E-state index contributed by atoms with van der Waals surface area (Å²) in [4.78, 5) is 1.43. The Morgan fingerprint density at radius 1 is 1.38 bits per heavy atom.